The molecule has 1 aromatic carbocycles. The summed E-state index contributed by atoms with van der Waals surface area (Å²) in [4.78, 5) is 12.1. The van der Waals surface area contributed by atoms with Crippen LogP contribution in [0, 0.1) is 0 Å². The number of β-amino-alcohol motifs (C(OH)–C–C–N with tert-alkyl or cyclic N) is 1. The molecule has 2 rings (SSSR count). The van der Waals surface area contributed by atoms with Crippen LogP contribution in [0.2, 0.25) is 0 Å². The first-order chi connectivity index (χ1) is 11.0. The zero-order chi connectivity index (χ0) is 16.9. The Bertz CT molecular complexity index is 530. The van der Waals surface area contributed by atoms with E-state index in [1.54, 1.807) is 12.1 Å². The van der Waals surface area contributed by atoms with Gasteiger partial charge in [-0.3, -0.25) is 4.79 Å². The van der Waals surface area contributed by atoms with Gasteiger partial charge in [0.1, 0.15) is 0 Å². The van der Waals surface area contributed by atoms with Gasteiger partial charge >= 0.3 is 0 Å². The number of amides is 1. The maximum absolute atomic E-state index is 12.1. The van der Waals surface area contributed by atoms with E-state index >= 15 is 0 Å². The van der Waals surface area contributed by atoms with E-state index in [4.69, 9.17) is 14.2 Å². The van der Waals surface area contributed by atoms with Crippen molar-refractivity contribution in [3.8, 4) is 17.2 Å². The number of ether oxygens (including phenoxy) is 3. The Morgan fingerprint density at radius 1 is 1.26 bits per heavy atom. The predicted molar refractivity (Wildman–Crippen MR) is 85.2 cm³/mol. The Hall–Kier alpha value is -1.99. The van der Waals surface area contributed by atoms with Crippen molar-refractivity contribution in [1.29, 1.82) is 0 Å². The minimum atomic E-state index is -0.856. The smallest absolute Gasteiger partial charge is 0.224 e. The van der Waals surface area contributed by atoms with Crippen LogP contribution >= 0.6 is 0 Å². The molecule has 128 valence electrons. The van der Waals surface area contributed by atoms with Crippen molar-refractivity contribution in [1.82, 2.24) is 10.6 Å². The second-order valence-electron chi connectivity index (χ2n) is 5.64. The SMILES string of the molecule is COc1cc(CC(=O)NC[C@@]2(O)CCNC2)cc(OC)c1OC. The molecule has 0 saturated carbocycles. The fourth-order valence-electron chi connectivity index (χ4n) is 2.63. The molecule has 1 aliphatic rings. The average Bonchev–Trinajstić information content (AvgIpc) is 2.99. The summed E-state index contributed by atoms with van der Waals surface area (Å²) < 4.78 is 15.8. The summed E-state index contributed by atoms with van der Waals surface area (Å²) in [6.45, 7) is 1.50. The van der Waals surface area contributed by atoms with Gasteiger partial charge in [-0.2, -0.15) is 0 Å². The van der Waals surface area contributed by atoms with E-state index in [0.29, 0.717) is 30.2 Å². The molecule has 0 radical (unpaired) electrons. The first-order valence-corrected chi connectivity index (χ1v) is 7.50. The summed E-state index contributed by atoms with van der Waals surface area (Å²) in [6, 6.07) is 3.49. The van der Waals surface area contributed by atoms with E-state index in [-0.39, 0.29) is 18.9 Å². The third-order valence-electron chi connectivity index (χ3n) is 3.92. The largest absolute Gasteiger partial charge is 0.493 e. The van der Waals surface area contributed by atoms with Gasteiger partial charge in [-0.05, 0) is 30.7 Å². The van der Waals surface area contributed by atoms with Gasteiger partial charge < -0.3 is 30.0 Å². The Morgan fingerprint density at radius 2 is 1.91 bits per heavy atom. The lowest BCUT2D eigenvalue weighted by Gasteiger charge is -2.21. The molecule has 0 aromatic heterocycles. The van der Waals surface area contributed by atoms with Gasteiger partial charge in [-0.1, -0.05) is 0 Å². The highest BCUT2D eigenvalue weighted by Crippen LogP contribution is 2.38. The van der Waals surface area contributed by atoms with E-state index in [1.807, 2.05) is 0 Å². The molecule has 3 N–H and O–H groups in total. The number of rotatable bonds is 7. The molecule has 1 amide bonds. The summed E-state index contributed by atoms with van der Waals surface area (Å²) in [6.07, 6.45) is 0.803. The Kier molecular flexibility index (Phi) is 5.68. The standard InChI is InChI=1S/C16H24N2O5/c1-21-12-6-11(7-13(22-2)15(12)23-3)8-14(19)18-10-16(20)4-5-17-9-16/h6-7,17,20H,4-5,8-10H2,1-3H3,(H,18,19)/t16-/m1/s1. The van der Waals surface area contributed by atoms with Crippen LogP contribution in [-0.2, 0) is 11.2 Å². The summed E-state index contributed by atoms with van der Waals surface area (Å²) in [5.41, 5.74) is -0.112. The molecule has 7 nitrogen and oxygen atoms in total. The molecule has 1 heterocycles. The lowest BCUT2D eigenvalue weighted by atomic mass is 10.0. The molecule has 1 aromatic rings. The second-order valence-corrected chi connectivity index (χ2v) is 5.64. The van der Waals surface area contributed by atoms with Crippen LogP contribution in [0.3, 0.4) is 0 Å². The van der Waals surface area contributed by atoms with E-state index < -0.39 is 5.60 Å². The Labute approximate surface area is 135 Å². The normalized spacial score (nSPS) is 20.2. The number of carbonyl (C=O) groups is 1. The highest BCUT2D eigenvalue weighted by atomic mass is 16.5. The molecule has 7 heteroatoms. The molecule has 1 atom stereocenters. The molecule has 0 unspecified atom stereocenters. The van der Waals surface area contributed by atoms with Crippen molar-refractivity contribution < 1.29 is 24.1 Å². The number of hydrogen-bond acceptors (Lipinski definition) is 6. The van der Waals surface area contributed by atoms with Gasteiger partial charge in [0, 0.05) is 13.1 Å². The molecule has 0 spiro atoms. The highest BCUT2D eigenvalue weighted by molar-refractivity contribution is 5.79. The summed E-state index contributed by atoms with van der Waals surface area (Å²) in [7, 11) is 4.59. The van der Waals surface area contributed by atoms with Crippen molar-refractivity contribution in [2.45, 2.75) is 18.4 Å². The summed E-state index contributed by atoms with van der Waals surface area (Å²) in [5, 5.41) is 16.1. The van der Waals surface area contributed by atoms with Crippen LogP contribution < -0.4 is 24.8 Å². The van der Waals surface area contributed by atoms with Crippen LogP contribution in [0.15, 0.2) is 12.1 Å². The maximum Gasteiger partial charge on any atom is 0.224 e. The summed E-state index contributed by atoms with van der Waals surface area (Å²) >= 11 is 0. The second kappa shape index (κ2) is 7.52. The zero-order valence-electron chi connectivity index (χ0n) is 13.8. The molecule has 0 bridgehead atoms. The van der Waals surface area contributed by atoms with E-state index in [0.717, 1.165) is 12.1 Å². The van der Waals surface area contributed by atoms with Gasteiger partial charge in [0.2, 0.25) is 11.7 Å². The topological polar surface area (TPSA) is 89.1 Å². The van der Waals surface area contributed by atoms with Gasteiger partial charge in [0.25, 0.3) is 0 Å². The fraction of sp³-hybridized carbons (Fsp3) is 0.562. The zero-order valence-corrected chi connectivity index (χ0v) is 13.8. The lowest BCUT2D eigenvalue weighted by molar-refractivity contribution is -0.121. The molecule has 0 aliphatic carbocycles. The highest BCUT2D eigenvalue weighted by Gasteiger charge is 2.31. The third-order valence-corrected chi connectivity index (χ3v) is 3.92. The van der Waals surface area contributed by atoms with Gasteiger partial charge in [0.05, 0.1) is 33.4 Å². The van der Waals surface area contributed by atoms with Crippen LogP contribution in [0.4, 0.5) is 0 Å². The molecular weight excluding hydrogens is 300 g/mol. The third kappa shape index (κ3) is 4.27. The number of hydrogen-bond donors (Lipinski definition) is 3. The van der Waals surface area contributed by atoms with Gasteiger partial charge in [-0.25, -0.2) is 0 Å². The molecular formula is C16H24N2O5. The van der Waals surface area contributed by atoms with Crippen LogP contribution in [0.25, 0.3) is 0 Å². The molecule has 1 saturated heterocycles. The van der Waals surface area contributed by atoms with E-state index in [2.05, 4.69) is 10.6 Å². The number of benzene rings is 1. The average molecular weight is 324 g/mol. The predicted octanol–water partition coefficient (Wildman–Crippen LogP) is 0.0955. The van der Waals surface area contributed by atoms with Gasteiger partial charge in [-0.15, -0.1) is 0 Å². The van der Waals surface area contributed by atoms with Crippen molar-refractivity contribution in [3.63, 3.8) is 0 Å². The number of carbonyl (C=O) groups excluding carboxylic acids is 1. The van der Waals surface area contributed by atoms with Crippen LogP contribution in [-0.4, -0.2) is 57.6 Å². The minimum Gasteiger partial charge on any atom is -0.493 e. The van der Waals surface area contributed by atoms with Gasteiger partial charge in [0.15, 0.2) is 11.5 Å². The molecule has 1 aliphatic heterocycles. The monoisotopic (exact) mass is 324 g/mol. The fourth-order valence-corrected chi connectivity index (χ4v) is 2.63. The molecule has 23 heavy (non-hydrogen) atoms. The Morgan fingerprint density at radius 3 is 2.39 bits per heavy atom. The number of methoxy groups -OCH3 is 3. The maximum atomic E-state index is 12.1. The van der Waals surface area contributed by atoms with E-state index in [1.165, 1.54) is 21.3 Å². The van der Waals surface area contributed by atoms with Crippen LogP contribution in [0.5, 0.6) is 17.2 Å². The first kappa shape index (κ1) is 17.4. The minimum absolute atomic E-state index is 0.167. The lowest BCUT2D eigenvalue weighted by Crippen LogP contribution is -2.44. The van der Waals surface area contributed by atoms with Crippen molar-refractivity contribution in [2.24, 2.45) is 0 Å². The van der Waals surface area contributed by atoms with Crippen LogP contribution in [0.1, 0.15) is 12.0 Å². The van der Waals surface area contributed by atoms with Crippen molar-refractivity contribution in [3.05, 3.63) is 17.7 Å². The quantitative estimate of drug-likeness (QED) is 0.659. The number of aliphatic hydroxyl groups is 1. The summed E-state index contributed by atoms with van der Waals surface area (Å²) in [5.74, 6) is 1.34. The number of nitrogens with one attached hydrogen (secondary N) is 2. The molecule has 1 fully saturated rings. The van der Waals surface area contributed by atoms with Crippen molar-refractivity contribution >= 4 is 5.91 Å². The first-order valence-electron chi connectivity index (χ1n) is 7.50. The van der Waals surface area contributed by atoms with Crippen molar-refractivity contribution in [2.75, 3.05) is 41.0 Å². The Balaban J connectivity index is 2.02. The van der Waals surface area contributed by atoms with E-state index in [9.17, 15) is 9.90 Å².